The number of hydrogen-bond acceptors (Lipinski definition) is 4. The molecule has 0 radical (unpaired) electrons. The molecule has 0 aliphatic heterocycles. The van der Waals surface area contributed by atoms with Gasteiger partial charge < -0.3 is 5.21 Å². The van der Waals surface area contributed by atoms with Gasteiger partial charge in [-0.25, -0.2) is 4.39 Å². The van der Waals surface area contributed by atoms with Gasteiger partial charge in [-0.2, -0.15) is 9.45 Å². The largest absolute Gasteiger partial charge is 0.314 e. The van der Waals surface area contributed by atoms with Crippen molar-refractivity contribution >= 4 is 5.69 Å². The Labute approximate surface area is 83.7 Å². The van der Waals surface area contributed by atoms with Crippen molar-refractivity contribution in [3.05, 3.63) is 39.4 Å². The van der Waals surface area contributed by atoms with E-state index in [1.54, 1.807) is 0 Å². The van der Waals surface area contributed by atoms with E-state index in [4.69, 9.17) is 5.21 Å². The number of rotatable bonds is 3. The molecule has 0 unspecified atom stereocenters. The maximum atomic E-state index is 13.1. The quantitative estimate of drug-likeness (QED) is 0.619. The Hall–Kier alpha value is -1.60. The molecule has 0 atom stereocenters. The van der Waals surface area contributed by atoms with Gasteiger partial charge in [0.1, 0.15) is 5.82 Å². The van der Waals surface area contributed by atoms with Gasteiger partial charge in [0.15, 0.2) is 0 Å². The molecular weight excluding hydrogens is 210 g/mol. The minimum Gasteiger partial charge on any atom is -0.314 e. The molecule has 0 heterocycles. The van der Waals surface area contributed by atoms with Gasteiger partial charge in [0.05, 0.1) is 17.5 Å². The van der Waals surface area contributed by atoms with Crippen LogP contribution in [-0.4, -0.2) is 22.2 Å². The molecule has 15 heavy (non-hydrogen) atoms. The summed E-state index contributed by atoms with van der Waals surface area (Å²) in [4.78, 5) is 9.24. The molecule has 1 aromatic rings. The molecular formula is C8H8F2N2O3. The lowest BCUT2D eigenvalue weighted by Crippen LogP contribution is -2.13. The van der Waals surface area contributed by atoms with Gasteiger partial charge in [-0.15, -0.1) is 0 Å². The van der Waals surface area contributed by atoms with Gasteiger partial charge in [0.2, 0.25) is 5.82 Å². The van der Waals surface area contributed by atoms with E-state index in [9.17, 15) is 18.9 Å². The van der Waals surface area contributed by atoms with E-state index < -0.39 is 22.2 Å². The van der Waals surface area contributed by atoms with Crippen molar-refractivity contribution in [2.75, 3.05) is 7.05 Å². The Bertz CT molecular complexity index is 396. The summed E-state index contributed by atoms with van der Waals surface area (Å²) in [6.07, 6.45) is 0. The van der Waals surface area contributed by atoms with Crippen LogP contribution in [0.1, 0.15) is 5.56 Å². The lowest BCUT2D eigenvalue weighted by Gasteiger charge is -2.08. The maximum absolute atomic E-state index is 13.1. The van der Waals surface area contributed by atoms with Crippen LogP contribution in [0.4, 0.5) is 14.5 Å². The van der Waals surface area contributed by atoms with Crippen LogP contribution >= 0.6 is 0 Å². The zero-order valence-corrected chi connectivity index (χ0v) is 7.78. The zero-order valence-electron chi connectivity index (χ0n) is 7.78. The molecule has 1 N–H and O–H groups in total. The third-order valence-corrected chi connectivity index (χ3v) is 1.71. The van der Waals surface area contributed by atoms with E-state index in [0.29, 0.717) is 17.2 Å². The number of halogens is 2. The Kier molecular flexibility index (Phi) is 3.28. The molecule has 0 bridgehead atoms. The Balaban J connectivity index is 3.13. The van der Waals surface area contributed by atoms with Crippen molar-refractivity contribution in [3.8, 4) is 0 Å². The fourth-order valence-electron chi connectivity index (χ4n) is 1.09. The van der Waals surface area contributed by atoms with Crippen LogP contribution in [0.15, 0.2) is 12.1 Å². The standard InChI is InChI=1S/C8H8F2N2O3/c1-11(13)4-5-2-7(10)8(12(14)15)3-6(5)9/h2-3,13H,4H2,1H3. The minimum absolute atomic E-state index is 0.150. The fourth-order valence-corrected chi connectivity index (χ4v) is 1.09. The Morgan fingerprint density at radius 1 is 1.47 bits per heavy atom. The van der Waals surface area contributed by atoms with Crippen LogP contribution in [0.3, 0.4) is 0 Å². The maximum Gasteiger partial charge on any atom is 0.307 e. The summed E-state index contributed by atoms with van der Waals surface area (Å²) in [5.41, 5.74) is -1.07. The van der Waals surface area contributed by atoms with Crippen molar-refractivity contribution in [1.29, 1.82) is 0 Å². The number of benzene rings is 1. The number of nitro groups is 1. The summed E-state index contributed by atoms with van der Waals surface area (Å²) in [7, 11) is 1.25. The van der Waals surface area contributed by atoms with Gasteiger partial charge in [-0.05, 0) is 6.07 Å². The first-order valence-corrected chi connectivity index (χ1v) is 3.94. The van der Waals surface area contributed by atoms with Crippen molar-refractivity contribution in [2.24, 2.45) is 0 Å². The minimum atomic E-state index is -1.13. The fraction of sp³-hybridized carbons (Fsp3) is 0.250. The molecule has 0 amide bonds. The number of nitrogens with zero attached hydrogens (tertiary/aromatic N) is 2. The molecule has 1 aromatic carbocycles. The number of hydroxylamine groups is 2. The van der Waals surface area contributed by atoms with Crippen LogP contribution in [0, 0.1) is 21.7 Å². The van der Waals surface area contributed by atoms with Crippen LogP contribution in [0.5, 0.6) is 0 Å². The average molecular weight is 218 g/mol. The Morgan fingerprint density at radius 3 is 2.53 bits per heavy atom. The summed E-state index contributed by atoms with van der Waals surface area (Å²) in [5.74, 6) is -2.05. The smallest absolute Gasteiger partial charge is 0.307 e. The lowest BCUT2D eigenvalue weighted by atomic mass is 10.2. The van der Waals surface area contributed by atoms with Crippen LogP contribution in [0.25, 0.3) is 0 Å². The van der Waals surface area contributed by atoms with E-state index in [1.807, 2.05) is 0 Å². The van der Waals surface area contributed by atoms with Crippen molar-refractivity contribution < 1.29 is 18.9 Å². The van der Waals surface area contributed by atoms with E-state index >= 15 is 0 Å². The van der Waals surface area contributed by atoms with Gasteiger partial charge in [0, 0.05) is 12.6 Å². The molecule has 5 nitrogen and oxygen atoms in total. The first-order chi connectivity index (χ1) is 6.91. The van der Waals surface area contributed by atoms with Gasteiger partial charge in [0.25, 0.3) is 0 Å². The van der Waals surface area contributed by atoms with E-state index in [1.165, 1.54) is 7.05 Å². The molecule has 0 aromatic heterocycles. The molecule has 0 saturated carbocycles. The second kappa shape index (κ2) is 4.28. The number of nitro benzene ring substituents is 1. The zero-order chi connectivity index (χ0) is 11.6. The summed E-state index contributed by atoms with van der Waals surface area (Å²) in [5, 5.41) is 19.7. The topological polar surface area (TPSA) is 66.6 Å². The highest BCUT2D eigenvalue weighted by Crippen LogP contribution is 2.21. The van der Waals surface area contributed by atoms with Crippen molar-refractivity contribution in [2.45, 2.75) is 6.54 Å². The normalized spacial score (nSPS) is 10.7. The third kappa shape index (κ3) is 2.67. The van der Waals surface area contributed by atoms with E-state index in [-0.39, 0.29) is 12.1 Å². The molecule has 0 saturated heterocycles. The molecule has 1 rings (SSSR count). The molecule has 0 spiro atoms. The molecule has 0 aliphatic rings. The first kappa shape index (κ1) is 11.5. The monoisotopic (exact) mass is 218 g/mol. The van der Waals surface area contributed by atoms with Crippen LogP contribution in [-0.2, 0) is 6.54 Å². The summed E-state index contributed by atoms with van der Waals surface area (Å²) in [6.45, 7) is -0.249. The van der Waals surface area contributed by atoms with Crippen LogP contribution in [0.2, 0.25) is 0 Å². The predicted octanol–water partition coefficient (Wildman–Crippen LogP) is 1.69. The van der Waals surface area contributed by atoms with E-state index in [2.05, 4.69) is 0 Å². The average Bonchev–Trinajstić information content (AvgIpc) is 2.09. The second-order valence-corrected chi connectivity index (χ2v) is 2.97. The number of hydrogen-bond donors (Lipinski definition) is 1. The second-order valence-electron chi connectivity index (χ2n) is 2.97. The third-order valence-electron chi connectivity index (χ3n) is 1.71. The van der Waals surface area contributed by atoms with Crippen LogP contribution < -0.4 is 0 Å². The van der Waals surface area contributed by atoms with Crippen molar-refractivity contribution in [1.82, 2.24) is 5.06 Å². The van der Waals surface area contributed by atoms with Gasteiger partial charge in [-0.3, -0.25) is 10.1 Å². The summed E-state index contributed by atoms with van der Waals surface area (Å²) >= 11 is 0. The van der Waals surface area contributed by atoms with Gasteiger partial charge >= 0.3 is 5.69 Å². The summed E-state index contributed by atoms with van der Waals surface area (Å²) < 4.78 is 26.2. The highest BCUT2D eigenvalue weighted by molar-refractivity contribution is 5.36. The van der Waals surface area contributed by atoms with E-state index in [0.717, 1.165) is 0 Å². The molecule has 0 fully saturated rings. The summed E-state index contributed by atoms with van der Waals surface area (Å²) in [6, 6.07) is 1.19. The Morgan fingerprint density at radius 2 is 2.07 bits per heavy atom. The first-order valence-electron chi connectivity index (χ1n) is 3.94. The lowest BCUT2D eigenvalue weighted by molar-refractivity contribution is -0.387. The molecule has 0 aliphatic carbocycles. The SMILES string of the molecule is CN(O)Cc1cc(F)c([N+](=O)[O-])cc1F. The highest BCUT2D eigenvalue weighted by atomic mass is 19.1. The van der Waals surface area contributed by atoms with Crippen molar-refractivity contribution in [3.63, 3.8) is 0 Å². The molecule has 7 heteroatoms. The molecule has 82 valence electrons. The predicted molar refractivity (Wildman–Crippen MR) is 46.3 cm³/mol. The highest BCUT2D eigenvalue weighted by Gasteiger charge is 2.18. The van der Waals surface area contributed by atoms with Gasteiger partial charge in [-0.1, -0.05) is 0 Å².